The summed E-state index contributed by atoms with van der Waals surface area (Å²) in [4.78, 5) is 15.8. The predicted molar refractivity (Wildman–Crippen MR) is 82.9 cm³/mol. The Labute approximate surface area is 134 Å². The minimum atomic E-state index is -4.19. The molecule has 1 aliphatic carbocycles. The van der Waals surface area contributed by atoms with Gasteiger partial charge in [-0.3, -0.25) is 9.69 Å². The zero-order chi connectivity index (χ0) is 16.3. The monoisotopic (exact) mass is 338 g/mol. The molecule has 1 heterocycles. The molecule has 3 nitrogen and oxygen atoms in total. The van der Waals surface area contributed by atoms with Crippen LogP contribution in [0.25, 0.3) is 0 Å². The lowest BCUT2D eigenvalue weighted by Crippen LogP contribution is -2.49. The van der Waals surface area contributed by atoms with E-state index in [2.05, 4.69) is 6.26 Å². The molecule has 128 valence electrons. The van der Waals surface area contributed by atoms with Gasteiger partial charge in [0.1, 0.15) is 0 Å². The number of carbonyl (C=O) groups excluding carboxylic acids is 1. The molecule has 0 bridgehead atoms. The van der Waals surface area contributed by atoms with Crippen molar-refractivity contribution in [1.29, 1.82) is 0 Å². The number of carbonyl (C=O) groups is 1. The summed E-state index contributed by atoms with van der Waals surface area (Å²) >= 11 is 1.82. The van der Waals surface area contributed by atoms with Crippen molar-refractivity contribution in [3.63, 3.8) is 0 Å². The molecule has 0 radical (unpaired) electrons. The Morgan fingerprint density at radius 2 is 2.00 bits per heavy atom. The molecule has 2 fully saturated rings. The molecule has 0 unspecified atom stereocenters. The Hall–Kier alpha value is -0.430. The molecule has 1 amide bonds. The van der Waals surface area contributed by atoms with Gasteiger partial charge in [0.15, 0.2) is 0 Å². The van der Waals surface area contributed by atoms with E-state index >= 15 is 0 Å². The van der Waals surface area contributed by atoms with Crippen LogP contribution in [-0.2, 0) is 4.79 Å². The summed E-state index contributed by atoms with van der Waals surface area (Å²) in [7, 11) is 1.92. The molecule has 0 N–H and O–H groups in total. The van der Waals surface area contributed by atoms with Crippen LogP contribution in [0.15, 0.2) is 0 Å². The Bertz CT molecular complexity index is 391. The lowest BCUT2D eigenvalue weighted by molar-refractivity contribution is -0.188. The first kappa shape index (κ1) is 17.9. The zero-order valence-corrected chi connectivity index (χ0v) is 14.1. The van der Waals surface area contributed by atoms with Crippen molar-refractivity contribution in [2.24, 2.45) is 5.92 Å². The number of hydrogen-bond acceptors (Lipinski definition) is 3. The molecule has 3 atom stereocenters. The predicted octanol–water partition coefficient (Wildman–Crippen LogP) is 3.00. The first-order chi connectivity index (χ1) is 10.3. The Morgan fingerprint density at radius 1 is 1.27 bits per heavy atom. The van der Waals surface area contributed by atoms with Gasteiger partial charge in [0.2, 0.25) is 5.91 Å². The number of nitrogens with zero attached hydrogens (tertiary/aromatic N) is 2. The first-order valence-corrected chi connectivity index (χ1v) is 9.19. The summed E-state index contributed by atoms with van der Waals surface area (Å²) in [5.41, 5.74) is 0. The number of piperidine rings is 1. The Kier molecular flexibility index (Phi) is 6.05. The number of amides is 1. The van der Waals surface area contributed by atoms with Gasteiger partial charge in [0.05, 0.1) is 12.5 Å². The SMILES string of the molecule is CS[C@@H]1CCC[C@@H]1N(C)CC(=O)N1CCC[C@H](C(F)(F)F)C1. The fraction of sp³-hybridized carbons (Fsp3) is 0.933. The second kappa shape index (κ2) is 7.43. The molecule has 1 saturated heterocycles. The van der Waals surface area contributed by atoms with Crippen LogP contribution < -0.4 is 0 Å². The van der Waals surface area contributed by atoms with Crippen LogP contribution >= 0.6 is 11.8 Å². The molecule has 22 heavy (non-hydrogen) atoms. The highest BCUT2D eigenvalue weighted by Gasteiger charge is 2.43. The maximum absolute atomic E-state index is 12.8. The van der Waals surface area contributed by atoms with E-state index in [1.807, 2.05) is 23.7 Å². The largest absolute Gasteiger partial charge is 0.393 e. The fourth-order valence-electron chi connectivity index (χ4n) is 3.59. The maximum Gasteiger partial charge on any atom is 0.393 e. The number of likely N-dealkylation sites (tertiary alicyclic amines) is 1. The number of hydrogen-bond donors (Lipinski definition) is 0. The van der Waals surface area contributed by atoms with Gasteiger partial charge in [0.25, 0.3) is 0 Å². The van der Waals surface area contributed by atoms with Gasteiger partial charge in [-0.2, -0.15) is 24.9 Å². The number of likely N-dealkylation sites (N-methyl/N-ethyl adjacent to an activating group) is 1. The lowest BCUT2D eigenvalue weighted by Gasteiger charge is -2.36. The van der Waals surface area contributed by atoms with Gasteiger partial charge in [-0.25, -0.2) is 0 Å². The summed E-state index contributed by atoms with van der Waals surface area (Å²) in [6.07, 6.45) is 1.85. The topological polar surface area (TPSA) is 23.6 Å². The Balaban J connectivity index is 1.88. The third kappa shape index (κ3) is 4.31. The molecular formula is C15H25F3N2OS. The minimum absolute atomic E-state index is 0.139. The van der Waals surface area contributed by atoms with Crippen molar-refractivity contribution in [2.45, 2.75) is 49.6 Å². The summed E-state index contributed by atoms with van der Waals surface area (Å²) in [6, 6.07) is 0.363. The van der Waals surface area contributed by atoms with Crippen molar-refractivity contribution in [3.8, 4) is 0 Å². The van der Waals surface area contributed by atoms with E-state index < -0.39 is 12.1 Å². The number of alkyl halides is 3. The van der Waals surface area contributed by atoms with E-state index in [0.29, 0.717) is 24.3 Å². The van der Waals surface area contributed by atoms with Crippen LogP contribution in [0.2, 0.25) is 0 Å². The number of thioether (sulfide) groups is 1. The first-order valence-electron chi connectivity index (χ1n) is 7.90. The highest BCUT2D eigenvalue weighted by molar-refractivity contribution is 7.99. The van der Waals surface area contributed by atoms with Gasteiger partial charge in [-0.15, -0.1) is 0 Å². The molecule has 2 aliphatic rings. The summed E-state index contributed by atoms with van der Waals surface area (Å²) in [5.74, 6) is -1.52. The van der Waals surface area contributed by atoms with Crippen molar-refractivity contribution >= 4 is 17.7 Å². The molecule has 1 saturated carbocycles. The van der Waals surface area contributed by atoms with Crippen LogP contribution in [-0.4, -0.2) is 66.1 Å². The quantitative estimate of drug-likeness (QED) is 0.787. The third-order valence-corrected chi connectivity index (χ3v) is 6.06. The third-order valence-electron chi connectivity index (χ3n) is 4.91. The molecule has 7 heteroatoms. The minimum Gasteiger partial charge on any atom is -0.341 e. The average molecular weight is 338 g/mol. The molecule has 1 aliphatic heterocycles. The molecule has 0 aromatic heterocycles. The van der Waals surface area contributed by atoms with Crippen LogP contribution in [0.3, 0.4) is 0 Å². The van der Waals surface area contributed by atoms with Gasteiger partial charge in [-0.05, 0) is 39.0 Å². The normalized spacial score (nSPS) is 30.1. The van der Waals surface area contributed by atoms with E-state index in [1.54, 1.807) is 0 Å². The number of halogens is 3. The molecule has 0 aromatic rings. The summed E-state index contributed by atoms with van der Waals surface area (Å²) < 4.78 is 38.5. The van der Waals surface area contributed by atoms with E-state index in [9.17, 15) is 18.0 Å². The molecule has 0 spiro atoms. The standard InChI is InChI=1S/C15H25F3N2OS/c1-19(12-6-3-7-13(12)22-2)10-14(21)20-8-4-5-11(9-20)15(16,17)18/h11-13H,3-10H2,1-2H3/t11-,12-,13+/m0/s1. The van der Waals surface area contributed by atoms with Crippen LogP contribution in [0.5, 0.6) is 0 Å². The van der Waals surface area contributed by atoms with E-state index in [-0.39, 0.29) is 25.4 Å². The van der Waals surface area contributed by atoms with Crippen molar-refractivity contribution < 1.29 is 18.0 Å². The van der Waals surface area contributed by atoms with Gasteiger partial charge >= 0.3 is 6.18 Å². The van der Waals surface area contributed by atoms with Crippen molar-refractivity contribution in [3.05, 3.63) is 0 Å². The second-order valence-electron chi connectivity index (χ2n) is 6.41. The van der Waals surface area contributed by atoms with Crippen LogP contribution in [0, 0.1) is 5.92 Å². The van der Waals surface area contributed by atoms with Gasteiger partial charge in [0, 0.05) is 24.4 Å². The van der Waals surface area contributed by atoms with E-state index in [4.69, 9.17) is 0 Å². The molecule has 2 rings (SSSR count). The summed E-state index contributed by atoms with van der Waals surface area (Å²) in [5, 5.41) is 0.530. The van der Waals surface area contributed by atoms with E-state index in [0.717, 1.165) is 19.3 Å². The van der Waals surface area contributed by atoms with Gasteiger partial charge in [-0.1, -0.05) is 6.42 Å². The fourth-order valence-corrected chi connectivity index (χ4v) is 4.65. The van der Waals surface area contributed by atoms with Crippen LogP contribution in [0.4, 0.5) is 13.2 Å². The molecule has 0 aromatic carbocycles. The molecular weight excluding hydrogens is 313 g/mol. The zero-order valence-electron chi connectivity index (χ0n) is 13.2. The summed E-state index contributed by atoms with van der Waals surface area (Å²) in [6.45, 7) is 0.509. The average Bonchev–Trinajstić information content (AvgIpc) is 2.95. The van der Waals surface area contributed by atoms with E-state index in [1.165, 1.54) is 4.90 Å². The smallest absolute Gasteiger partial charge is 0.341 e. The maximum atomic E-state index is 12.8. The van der Waals surface area contributed by atoms with Crippen molar-refractivity contribution in [2.75, 3.05) is 32.9 Å². The van der Waals surface area contributed by atoms with Crippen molar-refractivity contribution in [1.82, 2.24) is 9.80 Å². The highest BCUT2D eigenvalue weighted by Crippen LogP contribution is 2.34. The Morgan fingerprint density at radius 3 is 2.64 bits per heavy atom. The van der Waals surface area contributed by atoms with Crippen LogP contribution in [0.1, 0.15) is 32.1 Å². The highest BCUT2D eigenvalue weighted by atomic mass is 32.2. The number of rotatable bonds is 4. The van der Waals surface area contributed by atoms with Gasteiger partial charge < -0.3 is 4.90 Å². The second-order valence-corrected chi connectivity index (χ2v) is 7.48. The lowest BCUT2D eigenvalue weighted by atomic mass is 9.97.